The lowest BCUT2D eigenvalue weighted by Gasteiger charge is -2.49. The van der Waals surface area contributed by atoms with E-state index in [4.69, 9.17) is 38.3 Å². The van der Waals surface area contributed by atoms with Crippen LogP contribution in [0.3, 0.4) is 0 Å². The van der Waals surface area contributed by atoms with Crippen LogP contribution in [0.5, 0.6) is 0 Å². The lowest BCUT2D eigenvalue weighted by molar-refractivity contribution is -0.318. The number of methoxy groups -OCH3 is 1. The van der Waals surface area contributed by atoms with E-state index < -0.39 is 127 Å². The molecule has 3 aliphatic rings. The van der Waals surface area contributed by atoms with Gasteiger partial charge >= 0.3 is 5.97 Å². The molecular formula is C37H70N2O12. The quantitative estimate of drug-likeness (QED) is 0.206. The summed E-state index contributed by atoms with van der Waals surface area (Å²) in [5.74, 6) is -3.98. The summed E-state index contributed by atoms with van der Waals surface area (Å²) < 4.78 is 61.0. The van der Waals surface area contributed by atoms with E-state index >= 15 is 0 Å². The molecule has 14 heteroatoms. The fourth-order valence-electron chi connectivity index (χ4n) is 8.50. The molecule has 300 valence electrons. The van der Waals surface area contributed by atoms with Gasteiger partial charge in [0.1, 0.15) is 23.9 Å². The number of nitrogens with zero attached hydrogens (tertiary/aromatic N) is 1. The van der Waals surface area contributed by atoms with E-state index in [1.54, 1.807) is 48.5 Å². The topological polar surface area (TPSA) is 203 Å². The van der Waals surface area contributed by atoms with Crippen LogP contribution in [0.15, 0.2) is 0 Å². The zero-order valence-electron chi connectivity index (χ0n) is 35.7. The van der Waals surface area contributed by atoms with Crippen molar-refractivity contribution in [3.63, 3.8) is 0 Å². The van der Waals surface area contributed by atoms with Crippen LogP contribution in [-0.4, -0.2) is 148 Å². The molecule has 51 heavy (non-hydrogen) atoms. The molecule has 0 spiro atoms. The molecule has 0 amide bonds. The van der Waals surface area contributed by atoms with Gasteiger partial charge in [0.15, 0.2) is 12.6 Å². The third-order valence-electron chi connectivity index (χ3n) is 12.0. The average Bonchev–Trinajstić information content (AvgIpc) is 3.08. The van der Waals surface area contributed by atoms with Gasteiger partial charge in [-0.05, 0) is 80.7 Å². The molecule has 3 rings (SSSR count). The number of hydrogen-bond acceptors (Lipinski definition) is 14. The smallest absolute Gasteiger partial charge is 0.311 e. The minimum absolute atomic E-state index is 0.00694. The second kappa shape index (κ2) is 17.2. The first-order chi connectivity index (χ1) is 24.6. The van der Waals surface area contributed by atoms with E-state index in [9.17, 15) is 30.3 Å². The molecule has 0 aliphatic carbocycles. The molecule has 0 unspecified atom stereocenters. The first kappa shape index (κ1) is 39.7. The Morgan fingerprint density at radius 3 is 2.18 bits per heavy atom. The highest BCUT2D eigenvalue weighted by atomic mass is 16.7. The molecule has 19 atom stereocenters. The van der Waals surface area contributed by atoms with Gasteiger partial charge in [0, 0.05) is 41.6 Å². The fourth-order valence-corrected chi connectivity index (χ4v) is 8.50. The molecule has 3 aliphatic heterocycles. The van der Waals surface area contributed by atoms with Crippen LogP contribution >= 0.6 is 0 Å². The van der Waals surface area contributed by atoms with E-state index in [-0.39, 0.29) is 25.7 Å². The van der Waals surface area contributed by atoms with E-state index in [1.165, 1.54) is 28.0 Å². The maximum absolute atomic E-state index is 14.2. The van der Waals surface area contributed by atoms with E-state index in [1.807, 2.05) is 6.92 Å². The molecule has 0 saturated carbocycles. The van der Waals surface area contributed by atoms with E-state index in [2.05, 4.69) is 0 Å². The third-order valence-corrected chi connectivity index (χ3v) is 12.0. The molecule has 0 aromatic rings. The molecule has 0 bridgehead atoms. The SMILES string of the molecule is [2H]C([2H])([2H])N(C)[C@H]1C[C@@H](C)O[C@@H](O[C@@H]2[C@@H](C)[C@H](O[C@H]3C[C@@](C)(OC)[C@@H](O)[C@H](C)O3)[C@@H](C)C(=O)O[C@H](CC)[C@@](C)(O)[C@H](O)[C@@H](C)[C@@H](N)[C@H](C)C[C@@]2(C)O)[C@@H]1O. The summed E-state index contributed by atoms with van der Waals surface area (Å²) in [6, 6.07) is -1.66. The average molecular weight is 738 g/mol. The third kappa shape index (κ3) is 9.63. The molecule has 3 heterocycles. The summed E-state index contributed by atoms with van der Waals surface area (Å²) in [7, 11) is 2.86. The summed E-state index contributed by atoms with van der Waals surface area (Å²) in [5, 5.41) is 58.2. The Morgan fingerprint density at radius 1 is 0.980 bits per heavy atom. The van der Waals surface area contributed by atoms with Crippen LogP contribution in [-0.2, 0) is 33.2 Å². The Bertz CT molecular complexity index is 1230. The van der Waals surface area contributed by atoms with Gasteiger partial charge in [0.2, 0.25) is 0 Å². The van der Waals surface area contributed by atoms with Crippen LogP contribution in [0.4, 0.5) is 0 Å². The lowest BCUT2D eigenvalue weighted by Crippen LogP contribution is -2.62. The van der Waals surface area contributed by atoms with Crippen molar-refractivity contribution in [1.29, 1.82) is 0 Å². The Hall–Kier alpha value is -1.01. The summed E-state index contributed by atoms with van der Waals surface area (Å²) in [5.41, 5.74) is 1.96. The van der Waals surface area contributed by atoms with Crippen LogP contribution < -0.4 is 5.73 Å². The van der Waals surface area contributed by atoms with Gasteiger partial charge < -0.3 is 64.6 Å². The highest BCUT2D eigenvalue weighted by molar-refractivity contribution is 5.73. The Kier molecular flexibility index (Phi) is 13.4. The summed E-state index contributed by atoms with van der Waals surface area (Å²) in [6.07, 6.45) is -10.7. The van der Waals surface area contributed by atoms with E-state index in [0.717, 1.165) is 4.90 Å². The monoisotopic (exact) mass is 738 g/mol. The Balaban J connectivity index is 2.19. The van der Waals surface area contributed by atoms with Crippen molar-refractivity contribution in [2.24, 2.45) is 29.4 Å². The van der Waals surface area contributed by atoms with Crippen molar-refractivity contribution in [3.05, 3.63) is 0 Å². The number of cyclic esters (lactones) is 1. The van der Waals surface area contributed by atoms with Crippen molar-refractivity contribution in [3.8, 4) is 0 Å². The Morgan fingerprint density at radius 2 is 1.61 bits per heavy atom. The summed E-state index contributed by atoms with van der Waals surface area (Å²) in [4.78, 5) is 15.3. The van der Waals surface area contributed by atoms with Gasteiger partial charge in [-0.1, -0.05) is 27.7 Å². The number of rotatable bonds is 7. The molecular weight excluding hydrogens is 664 g/mol. The normalized spacial score (nSPS) is 52.3. The maximum atomic E-state index is 14.2. The molecule has 3 fully saturated rings. The minimum atomic E-state index is -2.53. The molecule has 3 saturated heterocycles. The molecule has 7 N–H and O–H groups in total. The number of nitrogens with two attached hydrogens (primary N) is 1. The number of carbonyl (C=O) groups is 1. The van der Waals surface area contributed by atoms with Crippen LogP contribution in [0.1, 0.15) is 99.0 Å². The molecule has 0 aromatic carbocycles. The minimum Gasteiger partial charge on any atom is -0.459 e. The zero-order valence-corrected chi connectivity index (χ0v) is 32.7. The molecule has 0 aromatic heterocycles. The van der Waals surface area contributed by atoms with Crippen LogP contribution in [0, 0.1) is 23.7 Å². The highest BCUT2D eigenvalue weighted by Gasteiger charge is 2.53. The largest absolute Gasteiger partial charge is 0.459 e. The van der Waals surface area contributed by atoms with E-state index in [0.29, 0.717) is 0 Å². The standard InChI is InChI=1S/C37H70N2O12/c1-14-25-37(10,45)30(41)20(4)27(38)18(2)16-35(8,44)32(51-34-28(40)24(39(11)12)15-19(3)47-34)21(5)29(22(6)33(43)49-25)50-26-17-36(9,46-13)31(42)23(7)48-26/h18-32,34,40-42,44-45H,14-17,38H2,1-13H3/t18-,19-,20+,21+,22-,23+,24+,25-,26+,27+,28-,29+,30-,31+,32-,34+,35-,36-,37-/m1/s1/i11D3. The van der Waals surface area contributed by atoms with Crippen LogP contribution in [0.25, 0.3) is 0 Å². The fraction of sp³-hybridized carbons (Fsp3) is 0.973. The number of aliphatic hydroxyl groups excluding tert-OH is 3. The number of carbonyl (C=O) groups excluding carboxylic acids is 1. The second-order valence-electron chi connectivity index (χ2n) is 16.4. The predicted molar refractivity (Wildman–Crippen MR) is 189 cm³/mol. The summed E-state index contributed by atoms with van der Waals surface area (Å²) >= 11 is 0. The highest BCUT2D eigenvalue weighted by Crippen LogP contribution is 2.41. The van der Waals surface area contributed by atoms with Crippen molar-refractivity contribution in [2.75, 3.05) is 21.1 Å². The van der Waals surface area contributed by atoms with Gasteiger partial charge in [-0.25, -0.2) is 0 Å². The first-order valence-corrected chi connectivity index (χ1v) is 18.5. The zero-order chi connectivity index (χ0) is 41.5. The van der Waals surface area contributed by atoms with Gasteiger partial charge in [0.05, 0.1) is 47.6 Å². The number of ether oxygens (including phenoxy) is 6. The van der Waals surface area contributed by atoms with Crippen LogP contribution in [0.2, 0.25) is 0 Å². The van der Waals surface area contributed by atoms with Crippen molar-refractivity contribution < 1.29 is 62.9 Å². The number of likely N-dealkylation sites (N-methyl/N-ethyl adjacent to an activating group) is 1. The Labute approximate surface area is 309 Å². The summed E-state index contributed by atoms with van der Waals surface area (Å²) in [6.45, 7) is 14.0. The molecule has 14 nitrogen and oxygen atoms in total. The number of hydrogen-bond donors (Lipinski definition) is 6. The van der Waals surface area contributed by atoms with Crippen molar-refractivity contribution >= 4 is 5.97 Å². The predicted octanol–water partition coefficient (Wildman–Crippen LogP) is 1.54. The van der Waals surface area contributed by atoms with Crippen molar-refractivity contribution in [1.82, 2.24) is 4.90 Å². The molecule has 0 radical (unpaired) electrons. The van der Waals surface area contributed by atoms with Gasteiger partial charge in [0.25, 0.3) is 0 Å². The number of aliphatic hydroxyl groups is 5. The van der Waals surface area contributed by atoms with Gasteiger partial charge in [-0.3, -0.25) is 4.79 Å². The first-order valence-electron chi connectivity index (χ1n) is 20.0. The second-order valence-corrected chi connectivity index (χ2v) is 16.4. The maximum Gasteiger partial charge on any atom is 0.311 e. The number of esters is 1. The lowest BCUT2D eigenvalue weighted by atomic mass is 9.72. The van der Waals surface area contributed by atoms with Gasteiger partial charge in [-0.2, -0.15) is 0 Å². The van der Waals surface area contributed by atoms with Crippen molar-refractivity contribution in [2.45, 2.75) is 185 Å². The van der Waals surface area contributed by atoms with Gasteiger partial charge in [-0.15, -0.1) is 0 Å².